The molecule has 322 valence electrons. The summed E-state index contributed by atoms with van der Waals surface area (Å²) in [6.07, 6.45) is 6.32. The summed E-state index contributed by atoms with van der Waals surface area (Å²) >= 11 is 13.5. The lowest BCUT2D eigenvalue weighted by Gasteiger charge is -2.19. The number of halogens is 2. The number of hydrogen-bond acceptors (Lipinski definition) is 10. The molecule has 6 rings (SSSR count). The topological polar surface area (TPSA) is 168 Å². The molecule has 2 atom stereocenters. The van der Waals surface area contributed by atoms with Gasteiger partial charge in [-0.2, -0.15) is 10.5 Å². The molecule has 63 heavy (non-hydrogen) atoms. The number of ether oxygens (including phenoxy) is 4. The van der Waals surface area contributed by atoms with Crippen molar-refractivity contribution in [1.29, 1.82) is 10.5 Å². The highest BCUT2D eigenvalue weighted by atomic mass is 35.5. The lowest BCUT2D eigenvalue weighted by Crippen LogP contribution is -2.26. The minimum Gasteiger partial charge on any atom is -0.488 e. The molecular weight excluding hydrogens is 839 g/mol. The summed E-state index contributed by atoms with van der Waals surface area (Å²) in [5, 5.41) is 39.2. The summed E-state index contributed by atoms with van der Waals surface area (Å²) in [5.74, 6) is -0.146. The molecule has 0 fully saturated rings. The van der Waals surface area contributed by atoms with Gasteiger partial charge in [-0.1, -0.05) is 66.5 Å². The molecule has 0 bridgehead atoms. The summed E-state index contributed by atoms with van der Waals surface area (Å²) < 4.78 is 25.1. The van der Waals surface area contributed by atoms with Crippen LogP contribution < -0.4 is 18.9 Å². The first-order chi connectivity index (χ1) is 30.4. The van der Waals surface area contributed by atoms with Gasteiger partial charge in [0.25, 0.3) is 0 Å². The molecular formula is C50H46Cl2N4O7. The van der Waals surface area contributed by atoms with E-state index in [1.165, 1.54) is 19.3 Å². The Labute approximate surface area is 377 Å². The van der Waals surface area contributed by atoms with E-state index < -0.39 is 18.0 Å². The Kier molecular flexibility index (Phi) is 15.6. The second-order valence-electron chi connectivity index (χ2n) is 15.1. The molecule has 0 amide bonds. The summed E-state index contributed by atoms with van der Waals surface area (Å²) in [4.78, 5) is 20.1. The molecule has 0 saturated heterocycles. The van der Waals surface area contributed by atoms with Gasteiger partial charge in [-0.15, -0.1) is 0 Å². The second kappa shape index (κ2) is 21.4. The number of aliphatic carboxylic acids is 1. The van der Waals surface area contributed by atoms with Gasteiger partial charge in [-0.05, 0) is 109 Å². The Morgan fingerprint density at radius 3 is 1.57 bits per heavy atom. The number of nitriles is 2. The van der Waals surface area contributed by atoms with Crippen LogP contribution in [-0.4, -0.2) is 32.3 Å². The Bertz CT molecular complexity index is 2690. The van der Waals surface area contributed by atoms with Crippen molar-refractivity contribution >= 4 is 29.2 Å². The number of aryl methyl sites for hydroxylation is 2. The number of hydrogen-bond donors (Lipinski definition) is 2. The van der Waals surface area contributed by atoms with Crippen molar-refractivity contribution < 1.29 is 34.0 Å². The molecule has 0 saturated carbocycles. The average Bonchev–Trinajstić information content (AvgIpc) is 3.28. The summed E-state index contributed by atoms with van der Waals surface area (Å²) in [7, 11) is 0. The number of carboxylic acid groups (broad SMARTS) is 1. The smallest absolute Gasteiger partial charge is 0.309 e. The molecule has 0 aliphatic carbocycles. The largest absolute Gasteiger partial charge is 0.488 e. The number of aromatic nitrogens is 2. The standard InChI is InChI=1S/C50H46Cl2N4O7/c1-5-37-16-44(51)48(18-46(37)60-26-35-14-33(20-53)22-55-24-35)62-28-39-8-6-10-41(30(39)2)42-11-7-9-40(31(42)3)29-63-49-19-47(61-27-36-15-34(21-54)23-56-25-36)38(17-45(49)52)12-13-43(32(4)57)50(58)59/h6-11,14-19,22-25,32,43,57H,5,12-13,26-29H2,1-4H3,(H,58,59)/t32-,43-/m0/s1. The number of benzene rings is 4. The number of aliphatic hydroxyl groups is 1. The van der Waals surface area contributed by atoms with Gasteiger partial charge >= 0.3 is 5.97 Å². The van der Waals surface area contributed by atoms with Crippen LogP contribution in [0.4, 0.5) is 0 Å². The zero-order chi connectivity index (χ0) is 45.0. The Morgan fingerprint density at radius 1 is 0.667 bits per heavy atom. The predicted octanol–water partition coefficient (Wildman–Crippen LogP) is 10.7. The SMILES string of the molecule is CCc1cc(Cl)c(OCc2cccc(-c3cccc(COc4cc(OCc5cncc(C#N)c5)c(CC[C@H](C(=O)O)[C@H](C)O)cc4Cl)c3C)c2C)cc1OCc1cncc(C#N)c1. The first kappa shape index (κ1) is 45.9. The normalized spacial score (nSPS) is 11.8. The Morgan fingerprint density at radius 2 is 1.13 bits per heavy atom. The van der Waals surface area contributed by atoms with Crippen molar-refractivity contribution in [1.82, 2.24) is 9.97 Å². The van der Waals surface area contributed by atoms with E-state index >= 15 is 0 Å². The number of rotatable bonds is 19. The third kappa shape index (κ3) is 11.6. The van der Waals surface area contributed by atoms with Gasteiger partial charge < -0.3 is 29.2 Å². The first-order valence-corrected chi connectivity index (χ1v) is 21.1. The van der Waals surface area contributed by atoms with Crippen molar-refractivity contribution in [2.24, 2.45) is 5.92 Å². The van der Waals surface area contributed by atoms with E-state index in [9.17, 15) is 25.5 Å². The van der Waals surface area contributed by atoms with Crippen LogP contribution >= 0.6 is 23.2 Å². The number of nitrogens with zero attached hydrogens (tertiary/aromatic N) is 4. The maximum atomic E-state index is 11.8. The van der Waals surface area contributed by atoms with E-state index in [0.717, 1.165) is 44.5 Å². The molecule has 0 spiro atoms. The zero-order valence-electron chi connectivity index (χ0n) is 35.3. The maximum Gasteiger partial charge on any atom is 0.309 e. The van der Waals surface area contributed by atoms with Crippen LogP contribution in [-0.2, 0) is 44.1 Å². The van der Waals surface area contributed by atoms with Crippen LogP contribution in [0.2, 0.25) is 10.0 Å². The van der Waals surface area contributed by atoms with Crippen LogP contribution in [0.25, 0.3) is 11.1 Å². The molecule has 0 radical (unpaired) electrons. The molecule has 0 aliphatic heterocycles. The van der Waals surface area contributed by atoms with Crippen molar-refractivity contribution in [2.45, 2.75) is 79.5 Å². The van der Waals surface area contributed by atoms with E-state index in [0.29, 0.717) is 61.7 Å². The molecule has 13 heteroatoms. The third-order valence-electron chi connectivity index (χ3n) is 10.8. The molecule has 2 heterocycles. The number of pyridine rings is 2. The minimum absolute atomic E-state index is 0.0894. The van der Waals surface area contributed by atoms with Gasteiger partial charge in [0.1, 0.15) is 61.6 Å². The lowest BCUT2D eigenvalue weighted by molar-refractivity contribution is -0.145. The monoisotopic (exact) mass is 884 g/mol. The van der Waals surface area contributed by atoms with Crippen LogP contribution in [0, 0.1) is 42.4 Å². The van der Waals surface area contributed by atoms with Crippen LogP contribution in [0.1, 0.15) is 75.9 Å². The van der Waals surface area contributed by atoms with Crippen molar-refractivity contribution in [2.75, 3.05) is 0 Å². The van der Waals surface area contributed by atoms with Gasteiger partial charge in [0, 0.05) is 48.0 Å². The van der Waals surface area contributed by atoms with E-state index in [-0.39, 0.29) is 39.3 Å². The minimum atomic E-state index is -1.09. The van der Waals surface area contributed by atoms with Crippen LogP contribution in [0.5, 0.6) is 23.0 Å². The van der Waals surface area contributed by atoms with Crippen molar-refractivity contribution in [3.05, 3.63) is 163 Å². The second-order valence-corrected chi connectivity index (χ2v) is 15.9. The van der Waals surface area contributed by atoms with Crippen molar-refractivity contribution in [3.8, 4) is 46.3 Å². The van der Waals surface area contributed by atoms with E-state index in [1.807, 2.05) is 50.2 Å². The molecule has 2 N–H and O–H groups in total. The number of carbonyl (C=O) groups is 1. The van der Waals surface area contributed by atoms with E-state index in [1.54, 1.807) is 36.7 Å². The molecule has 4 aromatic carbocycles. The fraction of sp³-hybridized carbons (Fsp3) is 0.260. The lowest BCUT2D eigenvalue weighted by atomic mass is 9.92. The summed E-state index contributed by atoms with van der Waals surface area (Å²) in [5.41, 5.74) is 9.90. The summed E-state index contributed by atoms with van der Waals surface area (Å²) in [6, 6.07) is 26.8. The number of aliphatic hydroxyl groups excluding tert-OH is 1. The number of carboxylic acids is 1. The highest BCUT2D eigenvalue weighted by Crippen LogP contribution is 2.38. The molecule has 2 aromatic heterocycles. The molecule has 0 aliphatic rings. The predicted molar refractivity (Wildman–Crippen MR) is 240 cm³/mol. The van der Waals surface area contributed by atoms with E-state index in [4.69, 9.17) is 42.1 Å². The van der Waals surface area contributed by atoms with Gasteiger partial charge in [0.05, 0.1) is 33.2 Å². The fourth-order valence-corrected chi connectivity index (χ4v) is 7.63. The highest BCUT2D eigenvalue weighted by molar-refractivity contribution is 6.32. The Hall–Kier alpha value is -6.63. The zero-order valence-corrected chi connectivity index (χ0v) is 36.8. The Balaban J connectivity index is 1.19. The van der Waals surface area contributed by atoms with Gasteiger partial charge in [0.2, 0.25) is 0 Å². The average molecular weight is 886 g/mol. The maximum absolute atomic E-state index is 11.8. The first-order valence-electron chi connectivity index (χ1n) is 20.3. The van der Waals surface area contributed by atoms with Gasteiger partial charge in [-0.25, -0.2) is 0 Å². The quantitative estimate of drug-likeness (QED) is 0.0794. The van der Waals surface area contributed by atoms with Gasteiger partial charge in [-0.3, -0.25) is 14.8 Å². The van der Waals surface area contributed by atoms with Crippen molar-refractivity contribution in [3.63, 3.8) is 0 Å². The van der Waals surface area contributed by atoms with E-state index in [2.05, 4.69) is 41.2 Å². The third-order valence-corrected chi connectivity index (χ3v) is 11.4. The molecule has 11 nitrogen and oxygen atoms in total. The van der Waals surface area contributed by atoms with Gasteiger partial charge in [0.15, 0.2) is 0 Å². The van der Waals surface area contributed by atoms with Crippen LogP contribution in [0.15, 0.2) is 97.6 Å². The molecule has 0 unspecified atom stereocenters. The highest BCUT2D eigenvalue weighted by Gasteiger charge is 2.24. The summed E-state index contributed by atoms with van der Waals surface area (Å²) in [6.45, 7) is 8.35. The fourth-order valence-electron chi connectivity index (χ4n) is 7.15. The van der Waals surface area contributed by atoms with Crippen LogP contribution in [0.3, 0.4) is 0 Å². The molecule has 6 aromatic rings.